The van der Waals surface area contributed by atoms with Crippen molar-refractivity contribution in [3.8, 4) is 11.3 Å². The number of carboxylic acid groups (broad SMARTS) is 1. The van der Waals surface area contributed by atoms with E-state index in [4.69, 9.17) is 9.72 Å². The van der Waals surface area contributed by atoms with Crippen molar-refractivity contribution in [1.29, 1.82) is 0 Å². The SMILES string of the molecule is CNc1nc2[nH]c(-c3ccccc3CC3CN(C(=O)O)CCN3CCOC)cc2c2c1ncn2C. The van der Waals surface area contributed by atoms with Crippen LogP contribution < -0.4 is 5.32 Å². The van der Waals surface area contributed by atoms with Crippen molar-refractivity contribution in [3.05, 3.63) is 42.2 Å². The molecule has 0 saturated carbocycles. The number of benzene rings is 1. The second-order valence-corrected chi connectivity index (χ2v) is 8.98. The molecule has 0 aliphatic carbocycles. The highest BCUT2D eigenvalue weighted by Gasteiger charge is 2.30. The van der Waals surface area contributed by atoms with E-state index in [1.54, 1.807) is 13.4 Å². The molecule has 4 heterocycles. The number of rotatable bonds is 7. The van der Waals surface area contributed by atoms with Gasteiger partial charge in [-0.1, -0.05) is 24.3 Å². The molecule has 1 atom stereocenters. The van der Waals surface area contributed by atoms with E-state index >= 15 is 0 Å². The van der Waals surface area contributed by atoms with Gasteiger partial charge in [0.1, 0.15) is 11.2 Å². The van der Waals surface area contributed by atoms with Crippen molar-refractivity contribution < 1.29 is 14.6 Å². The summed E-state index contributed by atoms with van der Waals surface area (Å²) in [5.41, 5.74) is 5.89. The minimum Gasteiger partial charge on any atom is -0.465 e. The van der Waals surface area contributed by atoms with Crippen LogP contribution in [0.25, 0.3) is 33.3 Å². The third-order valence-corrected chi connectivity index (χ3v) is 6.89. The molecule has 0 radical (unpaired) electrons. The smallest absolute Gasteiger partial charge is 0.407 e. The van der Waals surface area contributed by atoms with Gasteiger partial charge in [-0.15, -0.1) is 0 Å². The van der Waals surface area contributed by atoms with Crippen LogP contribution in [0.1, 0.15) is 5.56 Å². The Morgan fingerprint density at radius 2 is 2.14 bits per heavy atom. The Morgan fingerprint density at radius 1 is 1.31 bits per heavy atom. The van der Waals surface area contributed by atoms with Crippen molar-refractivity contribution >= 4 is 34.0 Å². The molecular weight excluding hydrogens is 446 g/mol. The second-order valence-electron chi connectivity index (χ2n) is 8.98. The molecule has 1 saturated heterocycles. The van der Waals surface area contributed by atoms with Crippen LogP contribution >= 0.6 is 0 Å². The largest absolute Gasteiger partial charge is 0.465 e. The number of pyridine rings is 1. The van der Waals surface area contributed by atoms with Crippen LogP contribution in [0.2, 0.25) is 0 Å². The van der Waals surface area contributed by atoms with Crippen LogP contribution in [-0.2, 0) is 18.2 Å². The van der Waals surface area contributed by atoms with E-state index in [9.17, 15) is 9.90 Å². The summed E-state index contributed by atoms with van der Waals surface area (Å²) in [6.07, 6.45) is 1.67. The molecule has 5 rings (SSSR count). The highest BCUT2D eigenvalue weighted by Crippen LogP contribution is 2.33. The molecule has 10 nitrogen and oxygen atoms in total. The molecule has 4 aromatic rings. The van der Waals surface area contributed by atoms with E-state index in [1.165, 1.54) is 4.90 Å². The molecule has 3 N–H and O–H groups in total. The molecule has 1 aliphatic rings. The van der Waals surface area contributed by atoms with Gasteiger partial charge in [-0.2, -0.15) is 0 Å². The molecule has 1 fully saturated rings. The first-order chi connectivity index (χ1) is 17.0. The maximum absolute atomic E-state index is 11.7. The molecule has 1 aliphatic heterocycles. The molecule has 1 aromatic carbocycles. The van der Waals surface area contributed by atoms with Crippen LogP contribution in [0.15, 0.2) is 36.7 Å². The van der Waals surface area contributed by atoms with E-state index in [0.717, 1.165) is 57.7 Å². The number of nitrogens with one attached hydrogen (secondary N) is 2. The standard InChI is InChI=1S/C25H31N7O3/c1-26-24-21-22(30(2)15-27-21)19-13-20(28-23(19)29-24)18-7-5-4-6-16(18)12-17-14-32(25(33)34)9-8-31(17)10-11-35-3/h4-7,13,15,17H,8-12,14H2,1-3H3,(H,33,34)(H2,26,28,29). The molecule has 0 bridgehead atoms. The number of hydrogen-bond donors (Lipinski definition) is 3. The predicted octanol–water partition coefficient (Wildman–Crippen LogP) is 3.01. The lowest BCUT2D eigenvalue weighted by molar-refractivity contribution is 0.0510. The van der Waals surface area contributed by atoms with Gasteiger partial charge in [-0.25, -0.2) is 14.8 Å². The van der Waals surface area contributed by atoms with Gasteiger partial charge in [0.25, 0.3) is 0 Å². The van der Waals surface area contributed by atoms with Gasteiger partial charge in [0.05, 0.1) is 18.5 Å². The minimum absolute atomic E-state index is 0.0679. The summed E-state index contributed by atoms with van der Waals surface area (Å²) in [5.74, 6) is 0.736. The number of anilines is 1. The molecule has 10 heteroatoms. The Bertz CT molecular complexity index is 1360. The van der Waals surface area contributed by atoms with Gasteiger partial charge in [-0.05, 0) is 18.1 Å². The van der Waals surface area contributed by atoms with Crippen LogP contribution in [0.4, 0.5) is 10.6 Å². The number of imidazole rings is 1. The summed E-state index contributed by atoms with van der Waals surface area (Å²) in [4.78, 5) is 28.3. The fourth-order valence-electron chi connectivity index (χ4n) is 5.10. The summed E-state index contributed by atoms with van der Waals surface area (Å²) < 4.78 is 7.32. The van der Waals surface area contributed by atoms with Crippen LogP contribution in [-0.4, -0.2) is 93.5 Å². The Labute approximate surface area is 203 Å². The zero-order chi connectivity index (χ0) is 24.5. The minimum atomic E-state index is -0.864. The lowest BCUT2D eigenvalue weighted by Crippen LogP contribution is -2.55. The number of carbonyl (C=O) groups is 1. The van der Waals surface area contributed by atoms with E-state index in [2.05, 4.69) is 38.4 Å². The first kappa shape index (κ1) is 23.1. The monoisotopic (exact) mass is 477 g/mol. The average Bonchev–Trinajstić information content (AvgIpc) is 3.46. The van der Waals surface area contributed by atoms with E-state index < -0.39 is 6.09 Å². The second kappa shape index (κ2) is 9.55. The summed E-state index contributed by atoms with van der Waals surface area (Å²) in [5, 5.41) is 13.8. The number of amides is 1. The topological polar surface area (TPSA) is 112 Å². The number of aromatic amines is 1. The molecule has 1 amide bonds. The average molecular weight is 478 g/mol. The number of ether oxygens (including phenoxy) is 1. The summed E-state index contributed by atoms with van der Waals surface area (Å²) >= 11 is 0. The van der Waals surface area contributed by atoms with Gasteiger partial charge in [0.2, 0.25) is 0 Å². The number of aryl methyl sites for hydroxylation is 1. The zero-order valence-electron chi connectivity index (χ0n) is 20.3. The van der Waals surface area contributed by atoms with Gasteiger partial charge < -0.3 is 29.6 Å². The Balaban J connectivity index is 1.53. The van der Waals surface area contributed by atoms with Crippen molar-refractivity contribution in [2.45, 2.75) is 12.5 Å². The highest BCUT2D eigenvalue weighted by atomic mass is 16.5. The number of H-pyrrole nitrogens is 1. The van der Waals surface area contributed by atoms with E-state index in [1.807, 2.05) is 30.8 Å². The maximum atomic E-state index is 11.7. The van der Waals surface area contributed by atoms with E-state index in [-0.39, 0.29) is 6.04 Å². The predicted molar refractivity (Wildman–Crippen MR) is 136 cm³/mol. The zero-order valence-corrected chi connectivity index (χ0v) is 20.3. The van der Waals surface area contributed by atoms with Gasteiger partial charge in [-0.3, -0.25) is 4.90 Å². The number of nitrogens with zero attached hydrogens (tertiary/aromatic N) is 5. The number of methoxy groups -OCH3 is 1. The molecule has 3 aromatic heterocycles. The summed E-state index contributed by atoms with van der Waals surface area (Å²) in [6, 6.07) is 10.5. The highest BCUT2D eigenvalue weighted by molar-refractivity contribution is 6.07. The molecule has 1 unspecified atom stereocenters. The first-order valence-electron chi connectivity index (χ1n) is 11.8. The Kier molecular flexibility index (Phi) is 6.31. The number of piperazine rings is 1. The Morgan fingerprint density at radius 3 is 2.91 bits per heavy atom. The van der Waals surface area contributed by atoms with Crippen LogP contribution in [0.3, 0.4) is 0 Å². The molecule has 0 spiro atoms. The Hall–Kier alpha value is -3.63. The molecule has 35 heavy (non-hydrogen) atoms. The summed E-state index contributed by atoms with van der Waals surface area (Å²) in [7, 11) is 5.53. The van der Waals surface area contributed by atoms with Crippen LogP contribution in [0.5, 0.6) is 0 Å². The van der Waals surface area contributed by atoms with Crippen molar-refractivity contribution in [2.24, 2.45) is 7.05 Å². The van der Waals surface area contributed by atoms with Crippen molar-refractivity contribution in [3.63, 3.8) is 0 Å². The van der Waals surface area contributed by atoms with E-state index in [0.29, 0.717) is 26.2 Å². The maximum Gasteiger partial charge on any atom is 0.407 e. The van der Waals surface area contributed by atoms with Gasteiger partial charge >= 0.3 is 6.09 Å². The normalized spacial score (nSPS) is 16.9. The van der Waals surface area contributed by atoms with Gasteiger partial charge in [0.15, 0.2) is 5.82 Å². The van der Waals surface area contributed by atoms with Crippen LogP contribution in [0, 0.1) is 0 Å². The third kappa shape index (κ3) is 4.30. The van der Waals surface area contributed by atoms with Crippen molar-refractivity contribution in [2.75, 3.05) is 52.3 Å². The lowest BCUT2D eigenvalue weighted by atomic mass is 9.96. The number of aromatic nitrogens is 4. The quantitative estimate of drug-likeness (QED) is 0.375. The van der Waals surface area contributed by atoms with Crippen molar-refractivity contribution in [1.82, 2.24) is 29.3 Å². The third-order valence-electron chi connectivity index (χ3n) is 6.89. The first-order valence-corrected chi connectivity index (χ1v) is 11.8. The summed E-state index contributed by atoms with van der Waals surface area (Å²) in [6.45, 7) is 3.08. The fourth-order valence-corrected chi connectivity index (χ4v) is 5.10. The number of fused-ring (bicyclic) bond motifs is 3. The molecule has 184 valence electrons. The molecular formula is C25H31N7O3. The van der Waals surface area contributed by atoms with Gasteiger partial charge in [0, 0.05) is 70.1 Å². The number of hydrogen-bond acceptors (Lipinski definition) is 6. The lowest BCUT2D eigenvalue weighted by Gasteiger charge is -2.40. The fraction of sp³-hybridized carbons (Fsp3) is 0.400.